The van der Waals surface area contributed by atoms with Crippen LogP contribution in [-0.4, -0.2) is 64.0 Å². The normalized spacial score (nSPS) is 16.4. The average Bonchev–Trinajstić information content (AvgIpc) is 3.06. The van der Waals surface area contributed by atoms with Gasteiger partial charge in [-0.05, 0) is 42.5 Å². The number of benzene rings is 1. The van der Waals surface area contributed by atoms with E-state index in [2.05, 4.69) is 11.1 Å². The van der Waals surface area contributed by atoms with Gasteiger partial charge in [-0.1, -0.05) is 6.07 Å². The van der Waals surface area contributed by atoms with Gasteiger partial charge in [0.1, 0.15) is 6.10 Å². The molecule has 6 heteroatoms. The highest BCUT2D eigenvalue weighted by atomic mass is 16.3. The van der Waals surface area contributed by atoms with Gasteiger partial charge in [0.05, 0.1) is 0 Å². The number of rotatable bonds is 4. The number of aromatic nitrogens is 1. The van der Waals surface area contributed by atoms with Crippen molar-refractivity contribution >= 4 is 22.7 Å². The first kappa shape index (κ1) is 16.5. The van der Waals surface area contributed by atoms with Crippen LogP contribution >= 0.6 is 0 Å². The van der Waals surface area contributed by atoms with E-state index in [1.54, 1.807) is 9.80 Å². The van der Waals surface area contributed by atoms with Gasteiger partial charge in [0, 0.05) is 44.3 Å². The molecule has 0 saturated carbocycles. The van der Waals surface area contributed by atoms with Crippen LogP contribution in [0.4, 0.5) is 0 Å². The van der Waals surface area contributed by atoms with E-state index in [0.717, 1.165) is 16.5 Å². The van der Waals surface area contributed by atoms with Gasteiger partial charge in [-0.3, -0.25) is 9.59 Å². The van der Waals surface area contributed by atoms with Crippen molar-refractivity contribution in [3.05, 3.63) is 36.0 Å². The first-order chi connectivity index (χ1) is 11.5. The molecule has 2 amide bonds. The van der Waals surface area contributed by atoms with Crippen LogP contribution in [0.15, 0.2) is 30.5 Å². The maximum absolute atomic E-state index is 12.4. The van der Waals surface area contributed by atoms with Crippen LogP contribution in [0, 0.1) is 0 Å². The standard InChI is InChI=1S/C18H23N3O3/c1-13(22)18(24)21-10-8-20(9-11-21)17(23)5-3-14-2-4-16-15(12-14)6-7-19-16/h2,4,6-7,12-13,19,22H,3,5,8-11H2,1H3. The fraction of sp³-hybridized carbons (Fsp3) is 0.444. The zero-order valence-electron chi connectivity index (χ0n) is 13.9. The van der Waals surface area contributed by atoms with Crippen molar-refractivity contribution in [2.75, 3.05) is 26.2 Å². The number of aryl methyl sites for hydroxylation is 1. The Balaban J connectivity index is 1.50. The number of aliphatic hydroxyl groups excluding tert-OH is 1. The number of carbonyl (C=O) groups is 2. The molecule has 0 aliphatic carbocycles. The summed E-state index contributed by atoms with van der Waals surface area (Å²) in [6.45, 7) is 3.53. The molecule has 6 nitrogen and oxygen atoms in total. The van der Waals surface area contributed by atoms with E-state index in [1.165, 1.54) is 6.92 Å². The largest absolute Gasteiger partial charge is 0.384 e. The maximum atomic E-state index is 12.4. The summed E-state index contributed by atoms with van der Waals surface area (Å²) in [7, 11) is 0. The Bertz CT molecular complexity index is 730. The van der Waals surface area contributed by atoms with Gasteiger partial charge in [0.25, 0.3) is 5.91 Å². The highest BCUT2D eigenvalue weighted by Crippen LogP contribution is 2.16. The summed E-state index contributed by atoms with van der Waals surface area (Å²) in [5, 5.41) is 10.5. The fourth-order valence-electron chi connectivity index (χ4n) is 3.11. The summed E-state index contributed by atoms with van der Waals surface area (Å²) in [6, 6.07) is 8.22. The summed E-state index contributed by atoms with van der Waals surface area (Å²) in [5.74, 6) is -0.143. The van der Waals surface area contributed by atoms with Crippen LogP contribution in [0.3, 0.4) is 0 Å². The second-order valence-electron chi connectivity index (χ2n) is 6.28. The van der Waals surface area contributed by atoms with E-state index in [9.17, 15) is 14.7 Å². The number of hydrogen-bond acceptors (Lipinski definition) is 3. The first-order valence-corrected chi connectivity index (χ1v) is 8.35. The van der Waals surface area contributed by atoms with Gasteiger partial charge in [0.15, 0.2) is 0 Å². The van der Waals surface area contributed by atoms with E-state index in [4.69, 9.17) is 0 Å². The number of H-pyrrole nitrogens is 1. The number of hydrogen-bond donors (Lipinski definition) is 2. The molecule has 1 atom stereocenters. The fourth-order valence-corrected chi connectivity index (χ4v) is 3.11. The van der Waals surface area contributed by atoms with Gasteiger partial charge in [-0.25, -0.2) is 0 Å². The summed E-state index contributed by atoms with van der Waals surface area (Å²) >= 11 is 0. The number of fused-ring (bicyclic) bond motifs is 1. The summed E-state index contributed by atoms with van der Waals surface area (Å²) < 4.78 is 0. The highest BCUT2D eigenvalue weighted by Gasteiger charge is 2.25. The van der Waals surface area contributed by atoms with Crippen LogP contribution in [-0.2, 0) is 16.0 Å². The van der Waals surface area contributed by atoms with Crippen LogP contribution in [0.5, 0.6) is 0 Å². The number of piperazine rings is 1. The molecular formula is C18H23N3O3. The van der Waals surface area contributed by atoms with Gasteiger partial charge in [-0.15, -0.1) is 0 Å². The number of carbonyl (C=O) groups excluding carboxylic acids is 2. The Morgan fingerprint density at radius 1 is 1.17 bits per heavy atom. The van der Waals surface area contributed by atoms with E-state index < -0.39 is 6.10 Å². The Hall–Kier alpha value is -2.34. The van der Waals surface area contributed by atoms with Gasteiger partial charge >= 0.3 is 0 Å². The van der Waals surface area contributed by atoms with Crippen LogP contribution in [0.1, 0.15) is 18.9 Å². The van der Waals surface area contributed by atoms with Gasteiger partial charge in [-0.2, -0.15) is 0 Å². The second-order valence-corrected chi connectivity index (χ2v) is 6.28. The molecule has 0 bridgehead atoms. The Morgan fingerprint density at radius 3 is 2.58 bits per heavy atom. The number of nitrogens with zero attached hydrogens (tertiary/aromatic N) is 2. The molecule has 128 valence electrons. The average molecular weight is 329 g/mol. The lowest BCUT2D eigenvalue weighted by Crippen LogP contribution is -2.52. The Morgan fingerprint density at radius 2 is 1.88 bits per heavy atom. The smallest absolute Gasteiger partial charge is 0.251 e. The third kappa shape index (κ3) is 3.59. The molecule has 1 aliphatic heterocycles. The SMILES string of the molecule is CC(O)C(=O)N1CCN(C(=O)CCc2ccc3[nH]ccc3c2)CC1. The quantitative estimate of drug-likeness (QED) is 0.883. The van der Waals surface area contributed by atoms with Crippen molar-refractivity contribution in [1.29, 1.82) is 0 Å². The van der Waals surface area contributed by atoms with Gasteiger partial charge < -0.3 is 19.9 Å². The third-order valence-electron chi connectivity index (χ3n) is 4.55. The van der Waals surface area contributed by atoms with Crippen molar-refractivity contribution in [3.8, 4) is 0 Å². The van der Waals surface area contributed by atoms with Crippen molar-refractivity contribution in [2.24, 2.45) is 0 Å². The summed E-state index contributed by atoms with van der Waals surface area (Å²) in [4.78, 5) is 30.7. The molecular weight excluding hydrogens is 306 g/mol. The minimum atomic E-state index is -0.976. The first-order valence-electron chi connectivity index (χ1n) is 8.35. The zero-order chi connectivity index (χ0) is 17.1. The van der Waals surface area contributed by atoms with Crippen molar-refractivity contribution in [1.82, 2.24) is 14.8 Å². The summed E-state index contributed by atoms with van der Waals surface area (Å²) in [6.07, 6.45) is 2.12. The van der Waals surface area contributed by atoms with E-state index >= 15 is 0 Å². The molecule has 1 aromatic carbocycles. The Labute approximate surface area is 141 Å². The molecule has 24 heavy (non-hydrogen) atoms. The predicted octanol–water partition coefficient (Wildman–Crippen LogP) is 1.15. The topological polar surface area (TPSA) is 76.6 Å². The van der Waals surface area contributed by atoms with Crippen LogP contribution < -0.4 is 0 Å². The predicted molar refractivity (Wildman–Crippen MR) is 91.5 cm³/mol. The number of aromatic amines is 1. The molecule has 1 unspecified atom stereocenters. The second kappa shape index (κ2) is 7.05. The number of aliphatic hydroxyl groups is 1. The van der Waals surface area contributed by atoms with E-state index in [-0.39, 0.29) is 11.8 Å². The molecule has 1 aromatic heterocycles. The molecule has 2 heterocycles. The van der Waals surface area contributed by atoms with Crippen molar-refractivity contribution < 1.29 is 14.7 Å². The molecule has 0 spiro atoms. The van der Waals surface area contributed by atoms with E-state index in [0.29, 0.717) is 39.0 Å². The number of amides is 2. The zero-order valence-corrected chi connectivity index (χ0v) is 13.9. The molecule has 2 N–H and O–H groups in total. The molecule has 1 aliphatic rings. The van der Waals surface area contributed by atoms with Crippen molar-refractivity contribution in [2.45, 2.75) is 25.9 Å². The lowest BCUT2D eigenvalue weighted by atomic mass is 10.1. The summed E-state index contributed by atoms with van der Waals surface area (Å²) in [5.41, 5.74) is 2.25. The minimum Gasteiger partial charge on any atom is -0.384 e. The molecule has 2 aromatic rings. The molecule has 1 fully saturated rings. The minimum absolute atomic E-state index is 0.119. The van der Waals surface area contributed by atoms with Crippen LogP contribution in [0.2, 0.25) is 0 Å². The third-order valence-corrected chi connectivity index (χ3v) is 4.55. The lowest BCUT2D eigenvalue weighted by molar-refractivity contribution is -0.144. The highest BCUT2D eigenvalue weighted by molar-refractivity contribution is 5.82. The molecule has 3 rings (SSSR count). The molecule has 0 radical (unpaired) electrons. The maximum Gasteiger partial charge on any atom is 0.251 e. The molecule has 1 saturated heterocycles. The lowest BCUT2D eigenvalue weighted by Gasteiger charge is -2.35. The number of nitrogens with one attached hydrogen (secondary N) is 1. The van der Waals surface area contributed by atoms with E-state index in [1.807, 2.05) is 24.4 Å². The van der Waals surface area contributed by atoms with Crippen molar-refractivity contribution in [3.63, 3.8) is 0 Å². The Kier molecular flexibility index (Phi) is 4.85. The van der Waals surface area contributed by atoms with Crippen LogP contribution in [0.25, 0.3) is 10.9 Å². The van der Waals surface area contributed by atoms with Gasteiger partial charge in [0.2, 0.25) is 5.91 Å². The monoisotopic (exact) mass is 329 g/mol.